The molecule has 0 bridgehead atoms. The third-order valence-electron chi connectivity index (χ3n) is 6.18. The molecular formula is C25H25F4N5O4. The molecule has 0 radical (unpaired) electrons. The predicted octanol–water partition coefficient (Wildman–Crippen LogP) is 2.82. The number of amides is 3. The zero-order valence-corrected chi connectivity index (χ0v) is 20.4. The number of piperazine rings is 1. The van der Waals surface area contributed by atoms with Crippen molar-refractivity contribution < 1.29 is 36.7 Å². The molecule has 3 heterocycles. The van der Waals surface area contributed by atoms with Gasteiger partial charge in [-0.05, 0) is 43.3 Å². The van der Waals surface area contributed by atoms with Gasteiger partial charge in [0.25, 0.3) is 5.91 Å². The average molecular weight is 535 g/mol. The molecule has 202 valence electrons. The number of anilines is 1. The molecule has 0 aliphatic carbocycles. The van der Waals surface area contributed by atoms with Crippen LogP contribution in [0.15, 0.2) is 54.2 Å². The summed E-state index contributed by atoms with van der Waals surface area (Å²) in [6, 6.07) is 8.14. The van der Waals surface area contributed by atoms with Crippen LogP contribution in [0.1, 0.15) is 6.92 Å². The highest BCUT2D eigenvalue weighted by molar-refractivity contribution is 6.04. The zero-order chi connectivity index (χ0) is 27.4. The molecule has 0 saturated carbocycles. The monoisotopic (exact) mass is 535 g/mol. The molecule has 1 unspecified atom stereocenters. The second-order valence-electron chi connectivity index (χ2n) is 8.91. The Morgan fingerprint density at radius 1 is 1.05 bits per heavy atom. The van der Waals surface area contributed by atoms with Gasteiger partial charge in [-0.15, -0.1) is 0 Å². The van der Waals surface area contributed by atoms with Crippen LogP contribution in [0, 0.1) is 5.82 Å². The van der Waals surface area contributed by atoms with Gasteiger partial charge >= 0.3 is 6.18 Å². The SMILES string of the molecule is CC(C(=O)Nc1ccc(Oc2ccc(F)cc2)cn1)N1CCN(C(=O)C2=CC(=O)N(CC(F)(F)F)C2)CC1. The van der Waals surface area contributed by atoms with Gasteiger partial charge in [-0.1, -0.05) is 0 Å². The van der Waals surface area contributed by atoms with E-state index < -0.39 is 30.6 Å². The summed E-state index contributed by atoms with van der Waals surface area (Å²) in [6.45, 7) is 1.18. The number of aromatic nitrogens is 1. The van der Waals surface area contributed by atoms with E-state index in [1.54, 1.807) is 19.1 Å². The summed E-state index contributed by atoms with van der Waals surface area (Å²) < 4.78 is 56.5. The van der Waals surface area contributed by atoms with Crippen LogP contribution in [-0.2, 0) is 14.4 Å². The van der Waals surface area contributed by atoms with E-state index in [1.807, 2.05) is 4.90 Å². The Morgan fingerprint density at radius 3 is 2.32 bits per heavy atom. The minimum Gasteiger partial charge on any atom is -0.456 e. The highest BCUT2D eigenvalue weighted by Crippen LogP contribution is 2.23. The third-order valence-corrected chi connectivity index (χ3v) is 6.18. The van der Waals surface area contributed by atoms with E-state index in [2.05, 4.69) is 10.3 Å². The second-order valence-corrected chi connectivity index (χ2v) is 8.91. The van der Waals surface area contributed by atoms with Gasteiger partial charge in [0.2, 0.25) is 11.8 Å². The van der Waals surface area contributed by atoms with E-state index >= 15 is 0 Å². The van der Waals surface area contributed by atoms with E-state index in [0.717, 1.165) is 6.08 Å². The van der Waals surface area contributed by atoms with Crippen molar-refractivity contribution in [1.29, 1.82) is 0 Å². The molecule has 9 nitrogen and oxygen atoms in total. The first-order chi connectivity index (χ1) is 18.0. The molecule has 3 amide bonds. The third kappa shape index (κ3) is 6.85. The maximum absolute atomic E-state index is 13.0. The summed E-state index contributed by atoms with van der Waals surface area (Å²) in [4.78, 5) is 45.4. The van der Waals surface area contributed by atoms with Gasteiger partial charge in [0.15, 0.2) is 0 Å². The Labute approximate surface area is 215 Å². The first-order valence-corrected chi connectivity index (χ1v) is 11.8. The number of carbonyl (C=O) groups excluding carboxylic acids is 3. The van der Waals surface area contributed by atoms with Crippen LogP contribution < -0.4 is 10.1 Å². The number of ether oxygens (including phenoxy) is 1. The van der Waals surface area contributed by atoms with Gasteiger partial charge < -0.3 is 19.9 Å². The Balaban J connectivity index is 1.24. The Kier molecular flexibility index (Phi) is 7.95. The second kappa shape index (κ2) is 11.2. The van der Waals surface area contributed by atoms with Crippen LogP contribution >= 0.6 is 0 Å². The average Bonchev–Trinajstić information content (AvgIpc) is 3.24. The van der Waals surface area contributed by atoms with Crippen molar-refractivity contribution in [1.82, 2.24) is 19.7 Å². The lowest BCUT2D eigenvalue weighted by atomic mass is 10.2. The Morgan fingerprint density at radius 2 is 1.71 bits per heavy atom. The van der Waals surface area contributed by atoms with Crippen LogP contribution in [-0.4, -0.2) is 88.9 Å². The van der Waals surface area contributed by atoms with Crippen molar-refractivity contribution in [2.24, 2.45) is 0 Å². The zero-order valence-electron chi connectivity index (χ0n) is 20.4. The fourth-order valence-corrected chi connectivity index (χ4v) is 4.11. The van der Waals surface area contributed by atoms with Gasteiger partial charge in [-0.2, -0.15) is 13.2 Å². The first-order valence-electron chi connectivity index (χ1n) is 11.8. The number of benzene rings is 1. The van der Waals surface area contributed by atoms with E-state index in [9.17, 15) is 31.9 Å². The standard InChI is InChI=1S/C25H25F4N5O4/c1-16(23(36)31-21-7-6-20(13-30-21)38-19-4-2-18(26)3-5-19)32-8-10-33(11-9-32)24(37)17-12-22(35)34(14-17)15-25(27,28)29/h2-7,12-13,16H,8-11,14-15H2,1H3,(H,30,31,36). The minimum absolute atomic E-state index is 0.0245. The summed E-state index contributed by atoms with van der Waals surface area (Å²) in [5.41, 5.74) is 0.0245. The number of nitrogens with zero attached hydrogens (tertiary/aromatic N) is 4. The lowest BCUT2D eigenvalue weighted by Gasteiger charge is -2.37. The Bertz CT molecular complexity index is 1210. The van der Waals surface area contributed by atoms with E-state index in [4.69, 9.17) is 4.74 Å². The molecular weight excluding hydrogens is 510 g/mol. The van der Waals surface area contributed by atoms with Gasteiger partial charge in [0.05, 0.1) is 18.8 Å². The number of hydrogen-bond donors (Lipinski definition) is 1. The molecule has 1 atom stereocenters. The smallest absolute Gasteiger partial charge is 0.406 e. The molecule has 4 rings (SSSR count). The molecule has 13 heteroatoms. The van der Waals surface area contributed by atoms with Gasteiger partial charge in [0.1, 0.15) is 29.7 Å². The molecule has 2 aliphatic heterocycles. The van der Waals surface area contributed by atoms with E-state index in [1.165, 1.54) is 35.4 Å². The number of halogens is 4. The topological polar surface area (TPSA) is 95.1 Å². The van der Waals surface area contributed by atoms with Crippen molar-refractivity contribution >= 4 is 23.5 Å². The molecule has 2 aliphatic rings. The number of pyridine rings is 1. The number of hydrogen-bond acceptors (Lipinski definition) is 6. The predicted molar refractivity (Wildman–Crippen MR) is 128 cm³/mol. The largest absolute Gasteiger partial charge is 0.456 e. The van der Waals surface area contributed by atoms with Crippen molar-refractivity contribution in [2.45, 2.75) is 19.1 Å². The lowest BCUT2D eigenvalue weighted by molar-refractivity contribution is -0.156. The first kappa shape index (κ1) is 27.0. The number of carbonyl (C=O) groups is 3. The van der Waals surface area contributed by atoms with Gasteiger partial charge in [-0.25, -0.2) is 9.37 Å². The molecule has 1 N–H and O–H groups in total. The summed E-state index contributed by atoms with van der Waals surface area (Å²) in [5, 5.41) is 2.72. The summed E-state index contributed by atoms with van der Waals surface area (Å²) in [6.07, 6.45) is -2.16. The minimum atomic E-state index is -4.54. The fraction of sp³-hybridized carbons (Fsp3) is 0.360. The summed E-state index contributed by atoms with van der Waals surface area (Å²) in [5.74, 6) is -0.853. The van der Waals surface area contributed by atoms with Crippen molar-refractivity contribution in [3.63, 3.8) is 0 Å². The lowest BCUT2D eigenvalue weighted by Crippen LogP contribution is -2.54. The summed E-state index contributed by atoms with van der Waals surface area (Å²) >= 11 is 0. The van der Waals surface area contributed by atoms with Crippen LogP contribution in [0.2, 0.25) is 0 Å². The summed E-state index contributed by atoms with van der Waals surface area (Å²) in [7, 11) is 0. The number of rotatable bonds is 7. The van der Waals surface area contributed by atoms with E-state index in [0.29, 0.717) is 35.3 Å². The molecule has 0 spiro atoms. The van der Waals surface area contributed by atoms with Crippen LogP contribution in [0.5, 0.6) is 11.5 Å². The maximum Gasteiger partial charge on any atom is 0.406 e. The van der Waals surface area contributed by atoms with Crippen LogP contribution in [0.3, 0.4) is 0 Å². The van der Waals surface area contributed by atoms with Crippen molar-refractivity contribution in [2.75, 3.05) is 44.6 Å². The molecule has 1 aromatic heterocycles. The van der Waals surface area contributed by atoms with Gasteiger partial charge in [0, 0.05) is 37.8 Å². The quantitative estimate of drug-likeness (QED) is 0.548. The molecule has 2 aromatic rings. The molecule has 1 saturated heterocycles. The fourth-order valence-electron chi connectivity index (χ4n) is 4.11. The molecule has 38 heavy (non-hydrogen) atoms. The van der Waals surface area contributed by atoms with Gasteiger partial charge in [-0.3, -0.25) is 19.3 Å². The molecule has 1 fully saturated rings. The number of alkyl halides is 3. The van der Waals surface area contributed by atoms with Crippen molar-refractivity contribution in [3.8, 4) is 11.5 Å². The Hall–Kier alpha value is -4.00. The molecule has 1 aromatic carbocycles. The highest BCUT2D eigenvalue weighted by atomic mass is 19.4. The maximum atomic E-state index is 13.0. The van der Waals surface area contributed by atoms with Crippen LogP contribution in [0.4, 0.5) is 23.4 Å². The van der Waals surface area contributed by atoms with Crippen LogP contribution in [0.25, 0.3) is 0 Å². The highest BCUT2D eigenvalue weighted by Gasteiger charge is 2.38. The normalized spacial score (nSPS) is 17.3. The van der Waals surface area contributed by atoms with E-state index in [-0.39, 0.29) is 36.9 Å². The van der Waals surface area contributed by atoms with Crippen molar-refractivity contribution in [3.05, 3.63) is 60.1 Å². The number of nitrogens with one attached hydrogen (secondary N) is 1.